The molecule has 4 rings (SSSR count). The summed E-state index contributed by atoms with van der Waals surface area (Å²) in [6.07, 6.45) is 4.08. The molecule has 0 saturated carbocycles. The molecule has 12 heteroatoms. The van der Waals surface area contributed by atoms with Crippen LogP contribution in [0.3, 0.4) is 0 Å². The Labute approximate surface area is 212 Å². The van der Waals surface area contributed by atoms with Crippen LogP contribution in [0.2, 0.25) is 0 Å². The van der Waals surface area contributed by atoms with Crippen molar-refractivity contribution < 1.29 is 23.5 Å². The molecule has 0 saturated heterocycles. The number of hydrogen-bond donors (Lipinski definition) is 2. The van der Waals surface area contributed by atoms with E-state index in [1.165, 1.54) is 32.4 Å². The number of carbonyl (C=O) groups is 3. The first-order valence-electron chi connectivity index (χ1n) is 11.2. The molecule has 0 fully saturated rings. The first-order valence-corrected chi connectivity index (χ1v) is 11.2. The van der Waals surface area contributed by atoms with Crippen LogP contribution < -0.4 is 25.2 Å². The molecule has 0 spiro atoms. The van der Waals surface area contributed by atoms with Gasteiger partial charge in [-0.05, 0) is 43.3 Å². The molecule has 2 N–H and O–H groups in total. The van der Waals surface area contributed by atoms with Crippen LogP contribution >= 0.6 is 0 Å². The van der Waals surface area contributed by atoms with Gasteiger partial charge in [0, 0.05) is 18.9 Å². The van der Waals surface area contributed by atoms with Gasteiger partial charge in [0.15, 0.2) is 12.5 Å². The van der Waals surface area contributed by atoms with Gasteiger partial charge in [0.2, 0.25) is 5.95 Å². The van der Waals surface area contributed by atoms with Crippen molar-refractivity contribution in [3.63, 3.8) is 0 Å². The summed E-state index contributed by atoms with van der Waals surface area (Å²) in [7, 11) is 1.43. The van der Waals surface area contributed by atoms with Gasteiger partial charge in [-0.3, -0.25) is 19.3 Å². The average Bonchev–Trinajstić information content (AvgIpc) is 2.91. The van der Waals surface area contributed by atoms with E-state index in [1.807, 2.05) is 0 Å². The van der Waals surface area contributed by atoms with E-state index in [2.05, 4.69) is 32.2 Å². The van der Waals surface area contributed by atoms with Crippen molar-refractivity contribution in [1.82, 2.24) is 15.0 Å². The zero-order valence-corrected chi connectivity index (χ0v) is 20.2. The third-order valence-electron chi connectivity index (χ3n) is 5.53. The molecule has 1 aliphatic rings. The summed E-state index contributed by atoms with van der Waals surface area (Å²) in [6.45, 7) is 4.58. The molecule has 2 aromatic heterocycles. The first-order chi connectivity index (χ1) is 17.8. The number of nitrogens with zero attached hydrogens (tertiary/aromatic N) is 5. The van der Waals surface area contributed by atoms with Crippen molar-refractivity contribution in [1.29, 1.82) is 0 Å². The summed E-state index contributed by atoms with van der Waals surface area (Å²) in [5.41, 5.74) is 1.92. The van der Waals surface area contributed by atoms with Crippen LogP contribution in [0.1, 0.15) is 17.3 Å². The van der Waals surface area contributed by atoms with Gasteiger partial charge < -0.3 is 20.3 Å². The molecular weight excluding hydrogens is 481 g/mol. The number of ketones is 1. The van der Waals surface area contributed by atoms with Crippen LogP contribution in [0.15, 0.2) is 55.4 Å². The summed E-state index contributed by atoms with van der Waals surface area (Å²) in [5.74, 6) is 0.0613. The van der Waals surface area contributed by atoms with E-state index in [-0.39, 0.29) is 34.8 Å². The maximum atomic E-state index is 12.6. The SMILES string of the molecule is C=CC(=O)N1CCOc2ccc(Nc3nc(Nc4ccc(N(C)C(=O)CF)nc4)ncc3C(C)=O)cc21. The van der Waals surface area contributed by atoms with Gasteiger partial charge in [-0.15, -0.1) is 0 Å². The highest BCUT2D eigenvalue weighted by Gasteiger charge is 2.23. The first kappa shape index (κ1) is 25.2. The number of benzene rings is 1. The number of halogens is 1. The predicted molar refractivity (Wildman–Crippen MR) is 137 cm³/mol. The highest BCUT2D eigenvalue weighted by atomic mass is 19.1. The van der Waals surface area contributed by atoms with Crippen molar-refractivity contribution in [2.75, 3.05) is 47.3 Å². The molecule has 0 unspecified atom stereocenters. The van der Waals surface area contributed by atoms with Crippen LogP contribution in [0.5, 0.6) is 5.75 Å². The van der Waals surface area contributed by atoms with E-state index >= 15 is 0 Å². The Balaban J connectivity index is 1.59. The van der Waals surface area contributed by atoms with Gasteiger partial charge in [-0.2, -0.15) is 4.98 Å². The number of ether oxygens (including phenoxy) is 1. The lowest BCUT2D eigenvalue weighted by Crippen LogP contribution is -2.36. The monoisotopic (exact) mass is 505 g/mol. The van der Waals surface area contributed by atoms with Gasteiger partial charge >= 0.3 is 0 Å². The molecular formula is C25H24FN7O4. The van der Waals surface area contributed by atoms with E-state index < -0.39 is 12.6 Å². The number of carbonyl (C=O) groups excluding carboxylic acids is 3. The number of fused-ring (bicyclic) bond motifs is 1. The Bertz CT molecular complexity index is 1360. The van der Waals surface area contributed by atoms with Crippen molar-refractivity contribution in [2.45, 2.75) is 6.92 Å². The topological polar surface area (TPSA) is 130 Å². The van der Waals surface area contributed by atoms with Crippen molar-refractivity contribution >= 4 is 52.2 Å². The Kier molecular flexibility index (Phi) is 7.37. The number of Topliss-reactive ketones (excluding diaryl/α,β-unsaturated/α-hetero) is 1. The van der Waals surface area contributed by atoms with E-state index in [9.17, 15) is 18.8 Å². The molecule has 11 nitrogen and oxygen atoms in total. The van der Waals surface area contributed by atoms with Gasteiger partial charge in [0.1, 0.15) is 24.0 Å². The number of pyridine rings is 1. The fraction of sp³-hybridized carbons (Fsp3) is 0.200. The fourth-order valence-electron chi connectivity index (χ4n) is 3.57. The van der Waals surface area contributed by atoms with Crippen LogP contribution in [-0.2, 0) is 9.59 Å². The van der Waals surface area contributed by atoms with E-state index in [1.54, 1.807) is 35.2 Å². The second kappa shape index (κ2) is 10.8. The number of aromatic nitrogens is 3. The van der Waals surface area contributed by atoms with Gasteiger partial charge in [-0.1, -0.05) is 6.58 Å². The second-order valence-electron chi connectivity index (χ2n) is 7.98. The summed E-state index contributed by atoms with van der Waals surface area (Å²) >= 11 is 0. The molecule has 37 heavy (non-hydrogen) atoms. The quantitative estimate of drug-likeness (QED) is 0.349. The minimum absolute atomic E-state index is 0.181. The molecule has 0 bridgehead atoms. The molecule has 2 amide bonds. The Morgan fingerprint density at radius 3 is 2.62 bits per heavy atom. The van der Waals surface area contributed by atoms with E-state index in [4.69, 9.17) is 4.74 Å². The Morgan fingerprint density at radius 1 is 1.16 bits per heavy atom. The molecule has 3 heterocycles. The number of hydrogen-bond acceptors (Lipinski definition) is 9. The van der Waals surface area contributed by atoms with Crippen LogP contribution in [0, 0.1) is 0 Å². The smallest absolute Gasteiger partial charge is 0.259 e. The number of rotatable bonds is 8. The fourth-order valence-corrected chi connectivity index (χ4v) is 3.57. The molecule has 3 aromatic rings. The number of amides is 2. The number of anilines is 6. The molecule has 0 radical (unpaired) electrons. The zero-order chi connectivity index (χ0) is 26.5. The second-order valence-corrected chi connectivity index (χ2v) is 7.98. The molecule has 1 aliphatic heterocycles. The van der Waals surface area contributed by atoms with Crippen LogP contribution in [-0.4, -0.2) is 59.4 Å². The lowest BCUT2D eigenvalue weighted by atomic mass is 10.2. The minimum Gasteiger partial charge on any atom is -0.490 e. The predicted octanol–water partition coefficient (Wildman–Crippen LogP) is 3.41. The van der Waals surface area contributed by atoms with Crippen molar-refractivity contribution in [2.24, 2.45) is 0 Å². The van der Waals surface area contributed by atoms with Crippen LogP contribution in [0.4, 0.5) is 39.0 Å². The zero-order valence-electron chi connectivity index (χ0n) is 20.2. The Morgan fingerprint density at radius 2 is 1.95 bits per heavy atom. The van der Waals surface area contributed by atoms with Crippen LogP contribution in [0.25, 0.3) is 0 Å². The highest BCUT2D eigenvalue weighted by molar-refractivity contribution is 6.03. The minimum atomic E-state index is -1.12. The van der Waals surface area contributed by atoms with Gasteiger partial charge in [-0.25, -0.2) is 14.4 Å². The Hall–Kier alpha value is -4.87. The molecule has 190 valence electrons. The van der Waals surface area contributed by atoms with Crippen molar-refractivity contribution in [3.8, 4) is 5.75 Å². The summed E-state index contributed by atoms with van der Waals surface area (Å²) in [4.78, 5) is 51.5. The lowest BCUT2D eigenvalue weighted by Gasteiger charge is -2.29. The standard InChI is InChI=1S/C25H24FN7O4/c1-4-22(35)33-9-10-37-20-7-5-16(11-19(20)33)29-24-18(15(2)34)14-28-25(31-24)30-17-6-8-21(27-13-17)32(3)23(36)12-26/h4-8,11,13-14H,1,9-10,12H2,2-3H3,(H2,28,29,30,31). The van der Waals surface area contributed by atoms with E-state index in [0.717, 1.165) is 4.90 Å². The third-order valence-corrected chi connectivity index (χ3v) is 5.53. The van der Waals surface area contributed by atoms with Crippen molar-refractivity contribution in [3.05, 3.63) is 60.9 Å². The summed E-state index contributed by atoms with van der Waals surface area (Å²) in [6, 6.07) is 8.38. The maximum absolute atomic E-state index is 12.6. The summed E-state index contributed by atoms with van der Waals surface area (Å²) < 4.78 is 18.3. The third kappa shape index (κ3) is 5.53. The number of nitrogens with one attached hydrogen (secondary N) is 2. The average molecular weight is 506 g/mol. The van der Waals surface area contributed by atoms with Gasteiger partial charge in [0.05, 0.1) is 29.7 Å². The number of alkyl halides is 1. The largest absolute Gasteiger partial charge is 0.490 e. The molecule has 1 aromatic carbocycles. The normalized spacial score (nSPS) is 12.1. The maximum Gasteiger partial charge on any atom is 0.259 e. The van der Waals surface area contributed by atoms with E-state index in [0.29, 0.717) is 36.0 Å². The highest BCUT2D eigenvalue weighted by Crippen LogP contribution is 2.35. The van der Waals surface area contributed by atoms with Gasteiger partial charge in [0.25, 0.3) is 11.8 Å². The summed E-state index contributed by atoms with van der Waals surface area (Å²) in [5, 5.41) is 6.11. The molecule has 0 atom stereocenters. The lowest BCUT2D eigenvalue weighted by molar-refractivity contribution is -0.119. The molecule has 0 aliphatic carbocycles.